The highest BCUT2D eigenvalue weighted by atomic mass is 32.2. The van der Waals surface area contributed by atoms with Crippen molar-refractivity contribution < 1.29 is 32.2 Å². The molecule has 1 aliphatic rings. The predicted octanol–water partition coefficient (Wildman–Crippen LogP) is 1.81. The van der Waals surface area contributed by atoms with Crippen LogP contribution in [0.4, 0.5) is 0 Å². The Balaban J connectivity index is 1.56. The van der Waals surface area contributed by atoms with Crippen LogP contribution in [0.25, 0.3) is 0 Å². The van der Waals surface area contributed by atoms with Crippen LogP contribution < -0.4 is 14.2 Å². The van der Waals surface area contributed by atoms with E-state index in [2.05, 4.69) is 4.72 Å². The fourth-order valence-corrected chi connectivity index (χ4v) is 4.70. The van der Waals surface area contributed by atoms with Crippen LogP contribution in [0.3, 0.4) is 0 Å². The van der Waals surface area contributed by atoms with Crippen molar-refractivity contribution in [2.24, 2.45) is 0 Å². The molecule has 0 aliphatic carbocycles. The summed E-state index contributed by atoms with van der Waals surface area (Å²) in [5, 5.41) is 0. The maximum atomic E-state index is 12.6. The molecule has 0 bridgehead atoms. The van der Waals surface area contributed by atoms with Crippen molar-refractivity contribution in [2.45, 2.75) is 37.8 Å². The maximum absolute atomic E-state index is 12.6. The summed E-state index contributed by atoms with van der Waals surface area (Å²) < 4.78 is 42.9. The van der Waals surface area contributed by atoms with E-state index in [1.54, 1.807) is 31.3 Å². The fourth-order valence-electron chi connectivity index (χ4n) is 3.51. The number of rotatable bonds is 8. The highest BCUT2D eigenvalue weighted by Crippen LogP contribution is 2.33. The van der Waals surface area contributed by atoms with E-state index in [4.69, 9.17) is 14.2 Å². The first kappa shape index (κ1) is 24.5. The van der Waals surface area contributed by atoms with Crippen molar-refractivity contribution >= 4 is 21.9 Å². The molecule has 0 fully saturated rings. The summed E-state index contributed by atoms with van der Waals surface area (Å²) in [4.78, 5) is 26.5. The second-order valence-electron chi connectivity index (χ2n) is 7.80. The molecular formula is C23H28N2O7S. The average molecular weight is 477 g/mol. The molecule has 0 spiro atoms. The third-order valence-corrected chi connectivity index (χ3v) is 6.98. The van der Waals surface area contributed by atoms with Gasteiger partial charge in [-0.2, -0.15) is 4.72 Å². The van der Waals surface area contributed by atoms with Crippen LogP contribution in [0, 0.1) is 6.92 Å². The van der Waals surface area contributed by atoms with E-state index in [1.165, 1.54) is 19.1 Å². The third kappa shape index (κ3) is 5.82. The molecule has 33 heavy (non-hydrogen) atoms. The number of fused-ring (bicyclic) bond motifs is 1. The zero-order valence-corrected chi connectivity index (χ0v) is 19.9. The number of amides is 1. The Kier molecular flexibility index (Phi) is 7.60. The molecule has 2 aromatic carbocycles. The Hall–Kier alpha value is -3.11. The van der Waals surface area contributed by atoms with Crippen LogP contribution in [0.5, 0.6) is 11.5 Å². The number of hydrogen-bond acceptors (Lipinski definition) is 7. The van der Waals surface area contributed by atoms with Gasteiger partial charge in [0, 0.05) is 13.1 Å². The Morgan fingerprint density at radius 2 is 1.67 bits per heavy atom. The summed E-state index contributed by atoms with van der Waals surface area (Å²) in [7, 11) is -0.781. The summed E-state index contributed by atoms with van der Waals surface area (Å²) in [6.45, 7) is 3.55. The number of carbonyl (C=O) groups is 2. The molecule has 1 heterocycles. The zero-order chi connectivity index (χ0) is 24.2. The summed E-state index contributed by atoms with van der Waals surface area (Å²) in [5.74, 6) is 0.0129. The fraction of sp³-hybridized carbons (Fsp3) is 0.391. The number of aryl methyl sites for hydroxylation is 1. The van der Waals surface area contributed by atoms with Crippen molar-refractivity contribution in [2.75, 3.05) is 27.4 Å². The quantitative estimate of drug-likeness (QED) is 0.579. The number of methoxy groups -OCH3 is 2. The number of esters is 1. The molecular weight excluding hydrogens is 448 g/mol. The SMILES string of the molecule is COc1cc2c(cc1OC)CN(C(=O)COC(=O)[C@H](C)NS(=O)(=O)c1ccc(C)cc1)CC2. The smallest absolute Gasteiger partial charge is 0.324 e. The Morgan fingerprint density at radius 1 is 1.06 bits per heavy atom. The van der Waals surface area contributed by atoms with Gasteiger partial charge >= 0.3 is 5.97 Å². The lowest BCUT2D eigenvalue weighted by atomic mass is 9.99. The molecule has 0 unspecified atom stereocenters. The number of hydrogen-bond donors (Lipinski definition) is 1. The normalized spacial score (nSPS) is 14.2. The second kappa shape index (κ2) is 10.2. The summed E-state index contributed by atoms with van der Waals surface area (Å²) >= 11 is 0. The van der Waals surface area contributed by atoms with E-state index in [0.29, 0.717) is 31.0 Å². The second-order valence-corrected chi connectivity index (χ2v) is 9.52. The number of benzene rings is 2. The van der Waals surface area contributed by atoms with Crippen LogP contribution in [-0.4, -0.2) is 58.6 Å². The largest absolute Gasteiger partial charge is 0.493 e. The molecule has 9 nitrogen and oxygen atoms in total. The molecule has 0 radical (unpaired) electrons. The van der Waals surface area contributed by atoms with Crippen LogP contribution in [0.1, 0.15) is 23.6 Å². The maximum Gasteiger partial charge on any atom is 0.324 e. The predicted molar refractivity (Wildman–Crippen MR) is 121 cm³/mol. The van der Waals surface area contributed by atoms with Crippen LogP contribution in [0.2, 0.25) is 0 Å². The van der Waals surface area contributed by atoms with Crippen LogP contribution in [0.15, 0.2) is 41.3 Å². The van der Waals surface area contributed by atoms with E-state index >= 15 is 0 Å². The molecule has 3 rings (SSSR count). The van der Waals surface area contributed by atoms with Crippen molar-refractivity contribution in [1.82, 2.24) is 9.62 Å². The van der Waals surface area contributed by atoms with Gasteiger partial charge in [-0.25, -0.2) is 8.42 Å². The first-order valence-corrected chi connectivity index (χ1v) is 11.9. The number of sulfonamides is 1. The van der Waals surface area contributed by atoms with Crippen molar-refractivity contribution in [1.29, 1.82) is 0 Å². The van der Waals surface area contributed by atoms with Gasteiger partial charge in [-0.1, -0.05) is 17.7 Å². The molecule has 10 heteroatoms. The minimum Gasteiger partial charge on any atom is -0.493 e. The molecule has 0 saturated carbocycles. The first-order valence-electron chi connectivity index (χ1n) is 10.4. The van der Waals surface area contributed by atoms with E-state index < -0.39 is 28.6 Å². The number of nitrogens with zero attached hydrogens (tertiary/aromatic N) is 1. The van der Waals surface area contributed by atoms with Gasteiger partial charge in [-0.3, -0.25) is 9.59 Å². The van der Waals surface area contributed by atoms with Crippen molar-refractivity contribution in [3.63, 3.8) is 0 Å². The molecule has 0 saturated heterocycles. The lowest BCUT2D eigenvalue weighted by Gasteiger charge is -2.29. The summed E-state index contributed by atoms with van der Waals surface area (Å²) in [6.07, 6.45) is 0.627. The van der Waals surface area contributed by atoms with Crippen LogP contribution >= 0.6 is 0 Å². The Labute approximate surface area is 193 Å². The molecule has 2 aromatic rings. The minimum absolute atomic E-state index is 0.0443. The van der Waals surface area contributed by atoms with Crippen molar-refractivity contribution in [3.05, 3.63) is 53.1 Å². The molecule has 0 aromatic heterocycles. The van der Waals surface area contributed by atoms with Gasteiger partial charge in [0.2, 0.25) is 10.0 Å². The third-order valence-electron chi connectivity index (χ3n) is 5.43. The number of ether oxygens (including phenoxy) is 3. The molecule has 1 aliphatic heterocycles. The first-order chi connectivity index (χ1) is 15.6. The van der Waals surface area contributed by atoms with E-state index in [9.17, 15) is 18.0 Å². The van der Waals surface area contributed by atoms with Gasteiger partial charge in [-0.05, 0) is 55.7 Å². The van der Waals surface area contributed by atoms with Crippen molar-refractivity contribution in [3.8, 4) is 11.5 Å². The van der Waals surface area contributed by atoms with Crippen LogP contribution in [-0.2, 0) is 37.3 Å². The van der Waals surface area contributed by atoms with Gasteiger partial charge in [0.25, 0.3) is 5.91 Å². The van der Waals surface area contributed by atoms with E-state index in [1.807, 2.05) is 19.1 Å². The number of carbonyl (C=O) groups excluding carboxylic acids is 2. The Bertz CT molecular complexity index is 1130. The van der Waals surface area contributed by atoms with Gasteiger partial charge in [0.05, 0.1) is 19.1 Å². The molecule has 178 valence electrons. The Morgan fingerprint density at radius 3 is 2.27 bits per heavy atom. The van der Waals surface area contributed by atoms with E-state index in [-0.39, 0.29) is 10.8 Å². The van der Waals surface area contributed by atoms with Gasteiger partial charge in [0.15, 0.2) is 18.1 Å². The molecule has 1 amide bonds. The highest BCUT2D eigenvalue weighted by molar-refractivity contribution is 7.89. The molecule has 1 atom stereocenters. The van der Waals surface area contributed by atoms with Gasteiger partial charge in [-0.15, -0.1) is 0 Å². The summed E-state index contributed by atoms with van der Waals surface area (Å²) in [6, 6.07) is 8.83. The minimum atomic E-state index is -3.89. The van der Waals surface area contributed by atoms with E-state index in [0.717, 1.165) is 16.7 Å². The lowest BCUT2D eigenvalue weighted by molar-refractivity contribution is -0.153. The highest BCUT2D eigenvalue weighted by Gasteiger charge is 2.26. The van der Waals surface area contributed by atoms with Gasteiger partial charge < -0.3 is 19.1 Å². The standard InChI is InChI=1S/C23H28N2O7S/c1-15-5-7-19(8-6-15)33(28,29)24-16(2)23(27)32-14-22(26)25-10-9-17-11-20(30-3)21(31-4)12-18(17)13-25/h5-8,11-12,16,24H,9-10,13-14H2,1-4H3/t16-/m0/s1. The summed E-state index contributed by atoms with van der Waals surface area (Å²) in [5.41, 5.74) is 2.91. The monoisotopic (exact) mass is 476 g/mol. The average Bonchev–Trinajstić information content (AvgIpc) is 2.80. The topological polar surface area (TPSA) is 111 Å². The zero-order valence-electron chi connectivity index (χ0n) is 19.1. The van der Waals surface area contributed by atoms with Gasteiger partial charge in [0.1, 0.15) is 6.04 Å². The number of nitrogens with one attached hydrogen (secondary N) is 1. The molecule has 1 N–H and O–H groups in total. The lowest BCUT2D eigenvalue weighted by Crippen LogP contribution is -2.42.